The highest BCUT2D eigenvalue weighted by Gasteiger charge is 2.37. The molecule has 0 aliphatic carbocycles. The summed E-state index contributed by atoms with van der Waals surface area (Å²) < 4.78 is 21.6. The predicted molar refractivity (Wildman–Crippen MR) is 160 cm³/mol. The lowest BCUT2D eigenvalue weighted by atomic mass is 9.99. The topological polar surface area (TPSA) is 79.7 Å². The first kappa shape index (κ1) is 28.4. The smallest absolute Gasteiger partial charge is 0.240 e. The molecule has 10 heteroatoms. The van der Waals surface area contributed by atoms with Crippen LogP contribution in [0.25, 0.3) is 16.9 Å². The zero-order chi connectivity index (χ0) is 28.9. The summed E-state index contributed by atoms with van der Waals surface area (Å²) in [6, 6.07) is 23.5. The number of halogens is 1. The summed E-state index contributed by atoms with van der Waals surface area (Å²) in [7, 11) is 5.46. The minimum atomic E-state index is -0.409. The van der Waals surface area contributed by atoms with Crippen LogP contribution in [-0.4, -0.2) is 73.1 Å². The number of thioether (sulfide) groups is 1. The van der Waals surface area contributed by atoms with Gasteiger partial charge in [-0.2, -0.15) is 5.10 Å². The van der Waals surface area contributed by atoms with Crippen molar-refractivity contribution in [3.63, 3.8) is 0 Å². The Labute approximate surface area is 243 Å². The molecule has 4 aromatic rings. The van der Waals surface area contributed by atoms with E-state index in [2.05, 4.69) is 5.32 Å². The van der Waals surface area contributed by atoms with Crippen LogP contribution in [-0.2, 0) is 9.59 Å². The lowest BCUT2D eigenvalue weighted by Crippen LogP contribution is -2.43. The number of fused-ring (bicyclic) bond motifs is 1. The molecular formula is C31H32FN5O3S. The van der Waals surface area contributed by atoms with Crippen LogP contribution in [0.1, 0.15) is 16.4 Å². The van der Waals surface area contributed by atoms with Crippen LogP contribution in [0, 0.1) is 5.82 Å². The van der Waals surface area contributed by atoms with Gasteiger partial charge in [0.25, 0.3) is 0 Å². The van der Waals surface area contributed by atoms with E-state index in [9.17, 15) is 14.0 Å². The van der Waals surface area contributed by atoms with Crippen molar-refractivity contribution in [3.05, 3.63) is 95.8 Å². The van der Waals surface area contributed by atoms with Crippen molar-refractivity contribution in [2.24, 2.45) is 0 Å². The number of hydrogen-bond donors (Lipinski definition) is 1. The van der Waals surface area contributed by atoms with E-state index in [4.69, 9.17) is 9.84 Å². The number of ether oxygens (including phenoxy) is 1. The van der Waals surface area contributed by atoms with Gasteiger partial charge < -0.3 is 15.0 Å². The first-order valence-corrected chi connectivity index (χ1v) is 14.3. The zero-order valence-electron chi connectivity index (χ0n) is 23.2. The zero-order valence-corrected chi connectivity index (χ0v) is 24.0. The van der Waals surface area contributed by atoms with Crippen LogP contribution in [0.4, 0.5) is 10.2 Å². The molecule has 0 saturated heterocycles. The molecule has 212 valence electrons. The lowest BCUT2D eigenvalue weighted by molar-refractivity contribution is -0.122. The van der Waals surface area contributed by atoms with Crippen molar-refractivity contribution in [1.82, 2.24) is 20.0 Å². The number of anilines is 1. The number of carbonyl (C=O) groups excluding carboxylic acids is 2. The van der Waals surface area contributed by atoms with E-state index in [1.54, 1.807) is 17.9 Å². The van der Waals surface area contributed by atoms with Crippen molar-refractivity contribution in [1.29, 1.82) is 0 Å². The van der Waals surface area contributed by atoms with Gasteiger partial charge in [0, 0.05) is 24.2 Å². The molecule has 1 aliphatic rings. The summed E-state index contributed by atoms with van der Waals surface area (Å²) in [5.74, 6) is 0.410. The van der Waals surface area contributed by atoms with Crippen LogP contribution in [0.2, 0.25) is 0 Å². The number of amides is 2. The van der Waals surface area contributed by atoms with Crippen LogP contribution in [0.5, 0.6) is 5.75 Å². The second kappa shape index (κ2) is 12.6. The minimum Gasteiger partial charge on any atom is -0.497 e. The second-order valence-electron chi connectivity index (χ2n) is 9.94. The van der Waals surface area contributed by atoms with E-state index in [1.165, 1.54) is 28.8 Å². The third kappa shape index (κ3) is 6.28. The summed E-state index contributed by atoms with van der Waals surface area (Å²) >= 11 is 1.40. The van der Waals surface area contributed by atoms with Gasteiger partial charge >= 0.3 is 0 Å². The van der Waals surface area contributed by atoms with Gasteiger partial charge in [-0.25, -0.2) is 9.07 Å². The number of methoxy groups -OCH3 is 1. The average Bonchev–Trinajstić information content (AvgIpc) is 3.30. The van der Waals surface area contributed by atoms with E-state index in [0.717, 1.165) is 11.1 Å². The summed E-state index contributed by atoms with van der Waals surface area (Å²) in [6.45, 7) is 0.949. The molecule has 41 heavy (non-hydrogen) atoms. The molecule has 2 heterocycles. The van der Waals surface area contributed by atoms with Crippen LogP contribution in [0.15, 0.2) is 78.9 Å². The number of nitrogens with zero attached hydrogens (tertiary/aromatic N) is 4. The van der Waals surface area contributed by atoms with E-state index >= 15 is 0 Å². The molecule has 5 rings (SSSR count). The van der Waals surface area contributed by atoms with Gasteiger partial charge in [0.15, 0.2) is 0 Å². The molecule has 1 N–H and O–H groups in total. The highest BCUT2D eigenvalue weighted by atomic mass is 32.2. The number of benzene rings is 3. The molecule has 1 unspecified atom stereocenters. The number of nitrogens with one attached hydrogen (secondary N) is 1. The van der Waals surface area contributed by atoms with Gasteiger partial charge in [-0.3, -0.25) is 14.5 Å². The number of likely N-dealkylation sites (N-methyl/N-ethyl adjacent to an activating group) is 1. The van der Waals surface area contributed by atoms with E-state index < -0.39 is 5.25 Å². The van der Waals surface area contributed by atoms with Crippen molar-refractivity contribution >= 4 is 29.4 Å². The Morgan fingerprint density at radius 3 is 2.54 bits per heavy atom. The Morgan fingerprint density at radius 1 is 1.10 bits per heavy atom. The van der Waals surface area contributed by atoms with Gasteiger partial charge in [-0.1, -0.05) is 42.5 Å². The van der Waals surface area contributed by atoms with Crippen molar-refractivity contribution < 1.29 is 18.7 Å². The Bertz CT molecular complexity index is 1520. The highest BCUT2D eigenvalue weighted by molar-refractivity contribution is 8.00. The van der Waals surface area contributed by atoms with Crippen LogP contribution >= 0.6 is 11.8 Å². The van der Waals surface area contributed by atoms with Crippen LogP contribution < -0.4 is 15.0 Å². The molecule has 1 atom stereocenters. The second-order valence-corrected chi connectivity index (χ2v) is 11.0. The fourth-order valence-electron chi connectivity index (χ4n) is 4.78. The summed E-state index contributed by atoms with van der Waals surface area (Å²) in [6.07, 6.45) is 0. The summed E-state index contributed by atoms with van der Waals surface area (Å²) in [5.41, 5.74) is 3.66. The molecule has 3 aromatic carbocycles. The van der Waals surface area contributed by atoms with Gasteiger partial charge in [-0.15, -0.1) is 11.8 Å². The van der Waals surface area contributed by atoms with Gasteiger partial charge in [0.2, 0.25) is 11.8 Å². The SMILES string of the molecule is COc1ccc(-n2nc(-c3ccccc3)c3c2N(CC(=O)NCCN(C)C)C(=O)CSC3c2cccc(F)c2)cc1. The molecule has 0 radical (unpaired) electrons. The third-order valence-corrected chi connectivity index (χ3v) is 8.04. The average molecular weight is 574 g/mol. The summed E-state index contributed by atoms with van der Waals surface area (Å²) in [5, 5.41) is 7.55. The Morgan fingerprint density at radius 2 is 1.85 bits per heavy atom. The lowest BCUT2D eigenvalue weighted by Gasteiger charge is -2.23. The molecule has 1 aromatic heterocycles. The minimum absolute atomic E-state index is 0.109. The molecule has 2 amide bonds. The summed E-state index contributed by atoms with van der Waals surface area (Å²) in [4.78, 5) is 30.4. The fourth-order valence-corrected chi connectivity index (χ4v) is 5.97. The quantitative estimate of drug-likeness (QED) is 0.317. The van der Waals surface area contributed by atoms with E-state index in [0.29, 0.717) is 41.6 Å². The van der Waals surface area contributed by atoms with E-state index in [1.807, 2.05) is 79.7 Å². The Kier molecular flexibility index (Phi) is 8.70. The standard InChI is InChI=1S/C31H32FN5O3S/c1-35(2)17-16-33-26(38)19-36-27(39)20-41-30(22-10-7-11-23(32)18-22)28-29(21-8-5-4-6-9-21)34-37(31(28)36)24-12-14-25(40-3)15-13-24/h4-15,18,30H,16-17,19-20H2,1-3H3,(H,33,38). The number of aromatic nitrogens is 2. The first-order valence-electron chi connectivity index (χ1n) is 13.3. The highest BCUT2D eigenvalue weighted by Crippen LogP contribution is 2.48. The maximum atomic E-state index is 14.5. The number of carbonyl (C=O) groups is 2. The Hall–Kier alpha value is -4.15. The third-order valence-electron chi connectivity index (χ3n) is 6.79. The molecule has 1 aliphatic heterocycles. The molecule has 0 fully saturated rings. The largest absolute Gasteiger partial charge is 0.497 e. The van der Waals surface area contributed by atoms with Gasteiger partial charge in [-0.05, 0) is 56.1 Å². The molecule has 0 spiro atoms. The van der Waals surface area contributed by atoms with E-state index in [-0.39, 0.29) is 29.9 Å². The molecule has 0 saturated carbocycles. The number of rotatable bonds is 9. The van der Waals surface area contributed by atoms with Crippen LogP contribution in [0.3, 0.4) is 0 Å². The molecule has 0 bridgehead atoms. The monoisotopic (exact) mass is 573 g/mol. The number of hydrogen-bond acceptors (Lipinski definition) is 6. The molecule has 8 nitrogen and oxygen atoms in total. The Balaban J connectivity index is 1.72. The predicted octanol–water partition coefficient (Wildman–Crippen LogP) is 4.53. The molecular weight excluding hydrogens is 541 g/mol. The van der Waals surface area contributed by atoms with Crippen molar-refractivity contribution in [2.75, 3.05) is 51.5 Å². The van der Waals surface area contributed by atoms with Crippen molar-refractivity contribution in [2.45, 2.75) is 5.25 Å². The normalized spacial score (nSPS) is 15.0. The van der Waals surface area contributed by atoms with Gasteiger partial charge in [0.05, 0.1) is 29.5 Å². The first-order chi connectivity index (χ1) is 19.9. The maximum Gasteiger partial charge on any atom is 0.240 e. The van der Waals surface area contributed by atoms with Crippen molar-refractivity contribution in [3.8, 4) is 22.7 Å². The maximum absolute atomic E-state index is 14.5. The fraction of sp³-hybridized carbons (Fsp3) is 0.258. The van der Waals surface area contributed by atoms with Gasteiger partial charge in [0.1, 0.15) is 23.9 Å².